The number of fused-ring (bicyclic) bond motifs is 1. The fraction of sp³-hybridized carbons (Fsp3) is 0.161. The molecule has 1 aromatic carbocycles. The van der Waals surface area contributed by atoms with Crippen LogP contribution in [0.4, 0.5) is 11.6 Å². The van der Waals surface area contributed by atoms with Gasteiger partial charge in [0.05, 0.1) is 6.54 Å². The Labute approximate surface area is 247 Å². The lowest BCUT2D eigenvalue weighted by Gasteiger charge is -2.10. The van der Waals surface area contributed by atoms with E-state index in [-0.39, 0.29) is 24.2 Å². The van der Waals surface area contributed by atoms with Gasteiger partial charge in [0.1, 0.15) is 10.7 Å². The zero-order valence-electron chi connectivity index (χ0n) is 23.2. The van der Waals surface area contributed by atoms with Gasteiger partial charge < -0.3 is 20.1 Å². The Morgan fingerprint density at radius 1 is 1.00 bits per heavy atom. The van der Waals surface area contributed by atoms with Gasteiger partial charge in [0.25, 0.3) is 11.5 Å². The smallest absolute Gasteiger partial charge is 0.263 e. The summed E-state index contributed by atoms with van der Waals surface area (Å²) >= 11 is 5.83. The monoisotopic (exact) mass is 580 g/mol. The minimum absolute atomic E-state index is 0.0614. The Hall–Kier alpha value is -4.93. The summed E-state index contributed by atoms with van der Waals surface area (Å²) in [7, 11) is 4.07. The Kier molecular flexibility index (Phi) is 8.96. The molecule has 0 spiro atoms. The van der Waals surface area contributed by atoms with Gasteiger partial charge in [-0.1, -0.05) is 42.0 Å². The maximum absolute atomic E-state index is 12.8. The molecule has 0 atom stereocenters. The third-order valence-electron chi connectivity index (χ3n) is 6.26. The van der Waals surface area contributed by atoms with Crippen molar-refractivity contribution in [2.24, 2.45) is 0 Å². The molecular weight excluding hydrogens is 552 g/mol. The number of nitrogens with one attached hydrogen (secondary N) is 2. The van der Waals surface area contributed by atoms with Crippen molar-refractivity contribution in [3.05, 3.63) is 123 Å². The van der Waals surface area contributed by atoms with Crippen molar-refractivity contribution in [1.82, 2.24) is 34.7 Å². The topological polar surface area (TPSA) is 118 Å². The highest BCUT2D eigenvalue weighted by Crippen LogP contribution is 2.18. The van der Waals surface area contributed by atoms with Crippen molar-refractivity contribution in [3.63, 3.8) is 0 Å². The normalized spacial score (nSPS) is 11.3. The summed E-state index contributed by atoms with van der Waals surface area (Å²) < 4.78 is 1.46. The molecule has 0 saturated carbocycles. The van der Waals surface area contributed by atoms with Crippen LogP contribution < -0.4 is 16.2 Å². The second-order valence-electron chi connectivity index (χ2n) is 9.89. The number of carbonyl (C=O) groups excluding carboxylic acids is 1. The molecule has 11 heteroatoms. The van der Waals surface area contributed by atoms with Crippen molar-refractivity contribution in [3.8, 4) is 0 Å². The Balaban J connectivity index is 1.17. The lowest BCUT2D eigenvalue weighted by Crippen LogP contribution is -2.33. The first kappa shape index (κ1) is 28.6. The van der Waals surface area contributed by atoms with E-state index in [9.17, 15) is 9.59 Å². The summed E-state index contributed by atoms with van der Waals surface area (Å²) in [5.41, 5.74) is 3.99. The van der Waals surface area contributed by atoms with Crippen LogP contribution in [-0.4, -0.2) is 56.0 Å². The molecule has 4 aromatic heterocycles. The molecule has 4 heterocycles. The van der Waals surface area contributed by atoms with Crippen LogP contribution in [0.5, 0.6) is 0 Å². The summed E-state index contributed by atoms with van der Waals surface area (Å²) in [5.74, 6) is 0.0109. The van der Waals surface area contributed by atoms with Crippen molar-refractivity contribution in [2.75, 3.05) is 26.0 Å². The maximum atomic E-state index is 12.8. The summed E-state index contributed by atoms with van der Waals surface area (Å²) in [6.07, 6.45) is 10.3. The number of hydrogen-bond acceptors (Lipinski definition) is 8. The van der Waals surface area contributed by atoms with Crippen LogP contribution in [0.25, 0.3) is 17.1 Å². The van der Waals surface area contributed by atoms with Crippen molar-refractivity contribution >= 4 is 46.3 Å². The first-order chi connectivity index (χ1) is 20.3. The molecule has 0 aliphatic carbocycles. The van der Waals surface area contributed by atoms with Gasteiger partial charge in [0.2, 0.25) is 5.95 Å². The summed E-state index contributed by atoms with van der Waals surface area (Å²) in [6, 6.07) is 16.7. The zero-order chi connectivity index (χ0) is 29.5. The van der Waals surface area contributed by atoms with Gasteiger partial charge in [-0.2, -0.15) is 4.98 Å². The first-order valence-electron chi connectivity index (χ1n) is 13.2. The number of rotatable bonds is 10. The quantitative estimate of drug-likeness (QED) is 0.231. The highest BCUT2D eigenvalue weighted by Gasteiger charge is 2.12. The fourth-order valence-corrected chi connectivity index (χ4v) is 4.36. The molecule has 0 aliphatic heterocycles. The van der Waals surface area contributed by atoms with Gasteiger partial charge >= 0.3 is 0 Å². The number of pyridine rings is 3. The van der Waals surface area contributed by atoms with E-state index >= 15 is 0 Å². The van der Waals surface area contributed by atoms with Crippen LogP contribution in [0.1, 0.15) is 27.0 Å². The molecule has 10 nitrogen and oxygen atoms in total. The molecule has 5 aromatic rings. The van der Waals surface area contributed by atoms with E-state index in [1.807, 2.05) is 38.4 Å². The summed E-state index contributed by atoms with van der Waals surface area (Å²) in [5, 5.41) is 7.14. The third kappa shape index (κ3) is 7.42. The molecule has 2 N–H and O–H groups in total. The van der Waals surface area contributed by atoms with Crippen molar-refractivity contribution in [1.29, 1.82) is 0 Å². The van der Waals surface area contributed by atoms with Crippen LogP contribution in [0, 0.1) is 0 Å². The molecule has 0 aliphatic rings. The second kappa shape index (κ2) is 13.2. The van der Waals surface area contributed by atoms with E-state index in [4.69, 9.17) is 11.6 Å². The molecule has 0 fully saturated rings. The Bertz CT molecular complexity index is 1780. The van der Waals surface area contributed by atoms with Crippen LogP contribution in [0.15, 0.2) is 90.3 Å². The Morgan fingerprint density at radius 3 is 2.57 bits per heavy atom. The van der Waals surface area contributed by atoms with Gasteiger partial charge in [0.15, 0.2) is 5.65 Å². The van der Waals surface area contributed by atoms with Crippen LogP contribution in [0.3, 0.4) is 0 Å². The molecule has 0 bridgehead atoms. The van der Waals surface area contributed by atoms with Gasteiger partial charge in [0, 0.05) is 49.0 Å². The second-order valence-corrected chi connectivity index (χ2v) is 10.3. The van der Waals surface area contributed by atoms with Crippen LogP contribution >= 0.6 is 11.6 Å². The van der Waals surface area contributed by atoms with E-state index in [2.05, 4.69) is 47.6 Å². The molecule has 212 valence electrons. The van der Waals surface area contributed by atoms with E-state index in [1.165, 1.54) is 16.2 Å². The number of halogens is 1. The molecule has 0 unspecified atom stereocenters. The summed E-state index contributed by atoms with van der Waals surface area (Å²) in [4.78, 5) is 45.1. The lowest BCUT2D eigenvalue weighted by molar-refractivity contribution is 0.0956. The number of anilines is 2. The predicted octanol–water partition coefficient (Wildman–Crippen LogP) is 4.53. The fourth-order valence-electron chi connectivity index (χ4n) is 4.25. The largest absolute Gasteiger partial charge is 0.348 e. The SMILES string of the molecule is CN(C)Cc1ccc(Nc2ncc3cc(/C=C/CNC(=O)c4cccn(Cc5ccc(Cl)nc5)c4=O)cnc3n2)cc1. The minimum Gasteiger partial charge on any atom is -0.348 e. The lowest BCUT2D eigenvalue weighted by atomic mass is 10.2. The molecule has 5 rings (SSSR count). The summed E-state index contributed by atoms with van der Waals surface area (Å²) in [6.45, 7) is 1.39. The number of benzene rings is 1. The molecular formula is C31H29ClN8O2. The standard InChI is InChI=1S/C31H29ClN8O2/c1-39(2)19-21-7-10-25(11-8-21)37-31-36-18-24-15-22(16-35-28(24)38-31)5-3-13-33-29(41)26-6-4-14-40(30(26)42)20-23-9-12-27(32)34-17-23/h3-12,14-18H,13,19-20H2,1-2H3,(H,33,41)(H,35,36,37,38)/b5-3+. The van der Waals surface area contributed by atoms with E-state index in [0.717, 1.165) is 28.7 Å². The first-order valence-corrected chi connectivity index (χ1v) is 13.6. The average molecular weight is 581 g/mol. The minimum atomic E-state index is -0.453. The van der Waals surface area contributed by atoms with E-state index in [1.54, 1.807) is 49.1 Å². The Morgan fingerprint density at radius 2 is 1.81 bits per heavy atom. The number of aromatic nitrogens is 5. The third-order valence-corrected chi connectivity index (χ3v) is 6.48. The highest BCUT2D eigenvalue weighted by atomic mass is 35.5. The maximum Gasteiger partial charge on any atom is 0.263 e. The van der Waals surface area contributed by atoms with Gasteiger partial charge in [-0.05, 0) is 67.2 Å². The highest BCUT2D eigenvalue weighted by molar-refractivity contribution is 6.29. The number of carbonyl (C=O) groups is 1. The van der Waals surface area contributed by atoms with Crippen molar-refractivity contribution in [2.45, 2.75) is 13.1 Å². The van der Waals surface area contributed by atoms with E-state index in [0.29, 0.717) is 16.7 Å². The van der Waals surface area contributed by atoms with Crippen LogP contribution in [-0.2, 0) is 13.1 Å². The molecule has 0 radical (unpaired) electrons. The average Bonchev–Trinajstić information content (AvgIpc) is 2.98. The van der Waals surface area contributed by atoms with Gasteiger partial charge in [-0.15, -0.1) is 0 Å². The molecule has 1 amide bonds. The van der Waals surface area contributed by atoms with Crippen LogP contribution in [0.2, 0.25) is 5.15 Å². The molecule has 0 saturated heterocycles. The van der Waals surface area contributed by atoms with Crippen molar-refractivity contribution < 1.29 is 4.79 Å². The number of nitrogens with zero attached hydrogens (tertiary/aromatic N) is 6. The number of hydrogen-bond donors (Lipinski definition) is 2. The van der Waals surface area contributed by atoms with Gasteiger partial charge in [-0.25, -0.2) is 15.0 Å². The van der Waals surface area contributed by atoms with Gasteiger partial charge in [-0.3, -0.25) is 9.59 Å². The predicted molar refractivity (Wildman–Crippen MR) is 165 cm³/mol. The molecule has 42 heavy (non-hydrogen) atoms. The number of amides is 1. The van der Waals surface area contributed by atoms with E-state index < -0.39 is 5.91 Å². The zero-order valence-corrected chi connectivity index (χ0v) is 23.9.